The second-order valence-electron chi connectivity index (χ2n) is 8.69. The number of ether oxygens (including phenoxy) is 1. The van der Waals surface area contributed by atoms with E-state index in [0.717, 1.165) is 40.7 Å². The maximum Gasteiger partial charge on any atom is 0.416 e. The second-order valence-corrected chi connectivity index (χ2v) is 9.64. The van der Waals surface area contributed by atoms with E-state index >= 15 is 0 Å². The van der Waals surface area contributed by atoms with Crippen LogP contribution in [0.1, 0.15) is 38.5 Å². The minimum absolute atomic E-state index is 0.101. The lowest BCUT2D eigenvalue weighted by Gasteiger charge is -2.31. The maximum atomic E-state index is 13.2. The molecule has 1 N–H and O–H groups in total. The van der Waals surface area contributed by atoms with Crippen molar-refractivity contribution in [1.82, 2.24) is 9.97 Å². The molecule has 0 fully saturated rings. The number of aryl methyl sites for hydroxylation is 1. The average Bonchev–Trinajstić information content (AvgIpc) is 3.36. The molecule has 4 aromatic rings. The van der Waals surface area contributed by atoms with E-state index in [1.54, 1.807) is 12.3 Å². The van der Waals surface area contributed by atoms with E-state index in [-0.39, 0.29) is 12.2 Å². The molecule has 0 spiro atoms. The van der Waals surface area contributed by atoms with Gasteiger partial charge < -0.3 is 14.7 Å². The quantitative estimate of drug-likeness (QED) is 0.299. The Kier molecular flexibility index (Phi) is 6.84. The first kappa shape index (κ1) is 24.8. The van der Waals surface area contributed by atoms with E-state index in [0.29, 0.717) is 30.1 Å². The van der Waals surface area contributed by atoms with E-state index in [2.05, 4.69) is 4.98 Å². The highest BCUT2D eigenvalue weighted by molar-refractivity contribution is 7.10. The van der Waals surface area contributed by atoms with Gasteiger partial charge in [-0.3, -0.25) is 4.98 Å². The van der Waals surface area contributed by atoms with Crippen LogP contribution >= 0.6 is 11.3 Å². The van der Waals surface area contributed by atoms with Crippen molar-refractivity contribution in [2.75, 3.05) is 11.4 Å². The van der Waals surface area contributed by atoms with Gasteiger partial charge in [0.2, 0.25) is 0 Å². The van der Waals surface area contributed by atoms with Gasteiger partial charge in [-0.1, -0.05) is 6.07 Å². The third-order valence-corrected chi connectivity index (χ3v) is 6.94. The number of thiazole rings is 1. The average molecular weight is 526 g/mol. The van der Waals surface area contributed by atoms with Crippen molar-refractivity contribution < 1.29 is 27.8 Å². The number of carboxylic acids is 1. The van der Waals surface area contributed by atoms with Crippen molar-refractivity contribution in [3.63, 3.8) is 0 Å². The topological polar surface area (TPSA) is 75.6 Å². The Morgan fingerprint density at radius 3 is 2.68 bits per heavy atom. The molecule has 3 heterocycles. The summed E-state index contributed by atoms with van der Waals surface area (Å²) in [5.41, 5.74) is 3.35. The molecule has 5 rings (SSSR count). The van der Waals surface area contributed by atoms with Crippen LogP contribution in [0, 0.1) is 0 Å². The molecule has 0 radical (unpaired) electrons. The number of alkyl halides is 3. The lowest BCUT2D eigenvalue weighted by molar-refractivity contribution is -0.137. The maximum absolute atomic E-state index is 13.2. The summed E-state index contributed by atoms with van der Waals surface area (Å²) >= 11 is 1.48. The van der Waals surface area contributed by atoms with Crippen molar-refractivity contribution in [3.05, 3.63) is 93.6 Å². The molecular weight excluding hydrogens is 503 g/mol. The van der Waals surface area contributed by atoms with Crippen LogP contribution in [0.4, 0.5) is 18.9 Å². The number of carbonyl (C=O) groups is 1. The Labute approximate surface area is 215 Å². The van der Waals surface area contributed by atoms with Gasteiger partial charge in [-0.15, -0.1) is 11.3 Å². The molecule has 0 atom stereocenters. The lowest BCUT2D eigenvalue weighted by atomic mass is 9.99. The molecule has 10 heteroatoms. The monoisotopic (exact) mass is 525 g/mol. The summed E-state index contributed by atoms with van der Waals surface area (Å²) in [6.07, 6.45) is 0.119. The van der Waals surface area contributed by atoms with Crippen LogP contribution < -0.4 is 9.64 Å². The largest absolute Gasteiger partial charge is 0.489 e. The molecule has 2 aromatic heterocycles. The number of benzene rings is 2. The van der Waals surface area contributed by atoms with Crippen LogP contribution in [0.5, 0.6) is 5.75 Å². The summed E-state index contributed by atoms with van der Waals surface area (Å²) < 4.78 is 45.5. The molecule has 0 amide bonds. The zero-order valence-corrected chi connectivity index (χ0v) is 20.4. The SMILES string of the molecule is O=C(O)c1cncc(COc2ccc(-c3csc(CN4CCCc5ccc(C(F)(F)F)cc54)n3)cc2)c1. The van der Waals surface area contributed by atoms with Gasteiger partial charge in [0.1, 0.15) is 17.4 Å². The van der Waals surface area contributed by atoms with Crippen LogP contribution in [0.25, 0.3) is 11.3 Å². The Morgan fingerprint density at radius 1 is 1.11 bits per heavy atom. The van der Waals surface area contributed by atoms with Crippen molar-refractivity contribution in [1.29, 1.82) is 0 Å². The third kappa shape index (κ3) is 5.75. The number of carboxylic acid groups (broad SMARTS) is 1. The van der Waals surface area contributed by atoms with E-state index in [1.807, 2.05) is 34.5 Å². The summed E-state index contributed by atoms with van der Waals surface area (Å²) in [5.74, 6) is -0.429. The number of hydrogen-bond donors (Lipinski definition) is 1. The third-order valence-electron chi connectivity index (χ3n) is 6.10. The normalized spacial score (nSPS) is 13.3. The zero-order chi connectivity index (χ0) is 26.0. The number of fused-ring (bicyclic) bond motifs is 1. The minimum atomic E-state index is -4.37. The van der Waals surface area contributed by atoms with Gasteiger partial charge >= 0.3 is 12.1 Å². The van der Waals surface area contributed by atoms with Gasteiger partial charge in [-0.05, 0) is 60.9 Å². The van der Waals surface area contributed by atoms with Gasteiger partial charge in [0.15, 0.2) is 0 Å². The standard InChI is InChI=1S/C27H22F3N3O3S/c28-27(29,30)21-6-3-19-2-1-9-33(24(19)11-21)14-25-32-23(16-37-25)18-4-7-22(8-5-18)36-15-17-10-20(26(34)35)13-31-12-17/h3-8,10-13,16H,1-2,9,14-15H2,(H,34,35). The van der Waals surface area contributed by atoms with Crippen molar-refractivity contribution in [2.45, 2.75) is 32.2 Å². The van der Waals surface area contributed by atoms with Gasteiger partial charge in [-0.25, -0.2) is 9.78 Å². The summed E-state index contributed by atoms with van der Waals surface area (Å²) in [6.45, 7) is 1.31. The highest BCUT2D eigenvalue weighted by Gasteiger charge is 2.32. The summed E-state index contributed by atoms with van der Waals surface area (Å²) in [7, 11) is 0. The number of pyridine rings is 1. The molecule has 1 aliphatic heterocycles. The predicted molar refractivity (Wildman–Crippen MR) is 134 cm³/mol. The highest BCUT2D eigenvalue weighted by atomic mass is 32.1. The van der Waals surface area contributed by atoms with E-state index in [1.165, 1.54) is 29.7 Å². The molecular formula is C27H22F3N3O3S. The Morgan fingerprint density at radius 2 is 1.92 bits per heavy atom. The molecule has 190 valence electrons. The molecule has 0 unspecified atom stereocenters. The Bertz CT molecular complexity index is 1420. The number of nitrogens with zero attached hydrogens (tertiary/aromatic N) is 3. The van der Waals surface area contributed by atoms with Gasteiger partial charge in [-0.2, -0.15) is 13.2 Å². The molecule has 0 aliphatic carbocycles. The zero-order valence-electron chi connectivity index (χ0n) is 19.5. The van der Waals surface area contributed by atoms with Gasteiger partial charge in [0.25, 0.3) is 0 Å². The highest BCUT2D eigenvalue weighted by Crippen LogP contribution is 2.36. The minimum Gasteiger partial charge on any atom is -0.489 e. The number of halogens is 3. The molecule has 2 aromatic carbocycles. The molecule has 0 saturated carbocycles. The Hall–Kier alpha value is -3.92. The first-order valence-electron chi connectivity index (χ1n) is 11.6. The Balaban J connectivity index is 1.25. The number of aromatic carboxylic acids is 1. The second kappa shape index (κ2) is 10.2. The lowest BCUT2D eigenvalue weighted by Crippen LogP contribution is -2.29. The summed E-state index contributed by atoms with van der Waals surface area (Å²) in [4.78, 5) is 21.7. The fourth-order valence-electron chi connectivity index (χ4n) is 4.24. The summed E-state index contributed by atoms with van der Waals surface area (Å²) in [5, 5.41) is 11.8. The van der Waals surface area contributed by atoms with E-state index in [4.69, 9.17) is 14.8 Å². The van der Waals surface area contributed by atoms with Crippen LogP contribution in [-0.4, -0.2) is 27.6 Å². The van der Waals surface area contributed by atoms with Crippen molar-refractivity contribution in [3.8, 4) is 17.0 Å². The number of hydrogen-bond acceptors (Lipinski definition) is 6. The molecule has 1 aliphatic rings. The van der Waals surface area contributed by atoms with Gasteiger partial charge in [0, 0.05) is 41.1 Å². The number of aromatic nitrogens is 2. The van der Waals surface area contributed by atoms with Crippen LogP contribution in [0.15, 0.2) is 66.3 Å². The fourth-order valence-corrected chi connectivity index (χ4v) is 5.06. The number of anilines is 1. The first-order chi connectivity index (χ1) is 17.8. The molecule has 0 bridgehead atoms. The van der Waals surface area contributed by atoms with Crippen molar-refractivity contribution >= 4 is 23.0 Å². The first-order valence-corrected chi connectivity index (χ1v) is 12.4. The van der Waals surface area contributed by atoms with Crippen molar-refractivity contribution in [2.24, 2.45) is 0 Å². The van der Waals surface area contributed by atoms with E-state index in [9.17, 15) is 18.0 Å². The molecule has 0 saturated heterocycles. The number of rotatable bonds is 7. The van der Waals surface area contributed by atoms with Crippen LogP contribution in [0.2, 0.25) is 0 Å². The van der Waals surface area contributed by atoms with Crippen LogP contribution in [-0.2, 0) is 25.7 Å². The fraction of sp³-hybridized carbons (Fsp3) is 0.222. The van der Waals surface area contributed by atoms with Gasteiger partial charge in [0.05, 0.1) is 23.4 Å². The van der Waals surface area contributed by atoms with E-state index < -0.39 is 17.7 Å². The van der Waals surface area contributed by atoms with Crippen LogP contribution in [0.3, 0.4) is 0 Å². The molecule has 37 heavy (non-hydrogen) atoms. The summed E-state index contributed by atoms with van der Waals surface area (Å²) in [6, 6.07) is 12.9. The smallest absolute Gasteiger partial charge is 0.416 e. The predicted octanol–water partition coefficient (Wildman–Crippen LogP) is 6.45. The molecule has 6 nitrogen and oxygen atoms in total.